The van der Waals surface area contributed by atoms with E-state index in [4.69, 9.17) is 5.73 Å². The fourth-order valence-corrected chi connectivity index (χ4v) is 7.50. The summed E-state index contributed by atoms with van der Waals surface area (Å²) in [7, 11) is 0. The summed E-state index contributed by atoms with van der Waals surface area (Å²) in [5, 5.41) is 7.35. The van der Waals surface area contributed by atoms with Crippen molar-refractivity contribution in [2.45, 2.75) is 20.8 Å². The Morgan fingerprint density at radius 2 is 0.978 bits per heavy atom. The second kappa shape index (κ2) is 11.0. The quantitative estimate of drug-likeness (QED) is 0.222. The molecule has 2 heteroatoms. The first kappa shape index (κ1) is 27.8. The highest BCUT2D eigenvalue weighted by molar-refractivity contribution is 6.28. The SMILES string of the molecule is CC.Cc1nc(N)cc2c(-c3cc4c5c(cccc5c3)-c3c-4c(-c4ccccc4)c4ccccc4c3-c3ccccc3)cccc12. The van der Waals surface area contributed by atoms with Gasteiger partial charge in [-0.3, -0.25) is 0 Å². The molecule has 2 nitrogen and oxygen atoms in total. The van der Waals surface area contributed by atoms with Crippen LogP contribution in [-0.4, -0.2) is 4.98 Å². The van der Waals surface area contributed by atoms with E-state index in [2.05, 4.69) is 138 Å². The normalized spacial score (nSPS) is 11.5. The van der Waals surface area contributed by atoms with Gasteiger partial charge < -0.3 is 5.73 Å². The second-order valence-corrected chi connectivity index (χ2v) is 11.7. The molecule has 0 fully saturated rings. The van der Waals surface area contributed by atoms with Gasteiger partial charge in [0, 0.05) is 11.1 Å². The summed E-state index contributed by atoms with van der Waals surface area (Å²) in [6.07, 6.45) is 0. The van der Waals surface area contributed by atoms with Crippen LogP contribution in [0.3, 0.4) is 0 Å². The molecule has 0 atom stereocenters. The van der Waals surface area contributed by atoms with Gasteiger partial charge in [-0.25, -0.2) is 4.98 Å². The molecular weight excluding hydrogens is 556 g/mol. The topological polar surface area (TPSA) is 38.9 Å². The number of aryl methyl sites for hydroxylation is 1. The summed E-state index contributed by atoms with van der Waals surface area (Å²) >= 11 is 0. The first-order valence-electron chi connectivity index (χ1n) is 16.1. The second-order valence-electron chi connectivity index (χ2n) is 11.7. The molecule has 9 rings (SSSR count). The first-order chi connectivity index (χ1) is 22.7. The van der Waals surface area contributed by atoms with Gasteiger partial charge >= 0.3 is 0 Å². The van der Waals surface area contributed by atoms with Crippen molar-refractivity contribution >= 4 is 38.1 Å². The van der Waals surface area contributed by atoms with E-state index in [0.29, 0.717) is 5.82 Å². The van der Waals surface area contributed by atoms with Crippen LogP contribution < -0.4 is 5.73 Å². The Balaban J connectivity index is 0.00000153. The van der Waals surface area contributed by atoms with Crippen LogP contribution in [0.2, 0.25) is 0 Å². The van der Waals surface area contributed by atoms with E-state index in [1.807, 2.05) is 26.8 Å². The van der Waals surface area contributed by atoms with Crippen LogP contribution in [0.4, 0.5) is 5.82 Å². The highest BCUT2D eigenvalue weighted by atomic mass is 14.8. The van der Waals surface area contributed by atoms with Crippen molar-refractivity contribution in [1.29, 1.82) is 0 Å². The molecule has 0 saturated heterocycles. The van der Waals surface area contributed by atoms with Crippen molar-refractivity contribution in [3.05, 3.63) is 145 Å². The van der Waals surface area contributed by atoms with E-state index in [1.165, 1.54) is 77.2 Å². The van der Waals surface area contributed by atoms with Crippen LogP contribution >= 0.6 is 0 Å². The molecule has 0 radical (unpaired) electrons. The van der Waals surface area contributed by atoms with Gasteiger partial charge in [-0.05, 0) is 108 Å². The van der Waals surface area contributed by atoms with Gasteiger partial charge in [0.1, 0.15) is 5.82 Å². The van der Waals surface area contributed by atoms with Crippen LogP contribution in [0, 0.1) is 6.92 Å². The Kier molecular flexibility index (Phi) is 6.65. The molecule has 8 aromatic rings. The van der Waals surface area contributed by atoms with Crippen molar-refractivity contribution in [2.24, 2.45) is 0 Å². The molecule has 220 valence electrons. The number of anilines is 1. The van der Waals surface area contributed by atoms with Gasteiger partial charge in [0.05, 0.1) is 0 Å². The summed E-state index contributed by atoms with van der Waals surface area (Å²) in [4.78, 5) is 4.55. The largest absolute Gasteiger partial charge is 0.384 e. The summed E-state index contributed by atoms with van der Waals surface area (Å²) < 4.78 is 0. The molecule has 7 aromatic carbocycles. The maximum absolute atomic E-state index is 6.29. The third kappa shape index (κ3) is 4.14. The van der Waals surface area contributed by atoms with Crippen molar-refractivity contribution in [1.82, 2.24) is 4.98 Å². The molecule has 1 heterocycles. The zero-order valence-electron chi connectivity index (χ0n) is 26.3. The monoisotopic (exact) mass is 590 g/mol. The smallest absolute Gasteiger partial charge is 0.124 e. The van der Waals surface area contributed by atoms with E-state index in [1.54, 1.807) is 0 Å². The maximum Gasteiger partial charge on any atom is 0.124 e. The summed E-state index contributed by atoms with van der Waals surface area (Å²) in [6.45, 7) is 6.04. The summed E-state index contributed by atoms with van der Waals surface area (Å²) in [6, 6.07) is 50.7. The zero-order chi connectivity index (χ0) is 31.4. The Bertz CT molecular complexity index is 2440. The molecule has 0 amide bonds. The van der Waals surface area contributed by atoms with Gasteiger partial charge in [0.2, 0.25) is 0 Å². The lowest BCUT2D eigenvalue weighted by Crippen LogP contribution is -1.95. The van der Waals surface area contributed by atoms with Gasteiger partial charge in [-0.1, -0.05) is 135 Å². The molecule has 0 bridgehead atoms. The summed E-state index contributed by atoms with van der Waals surface area (Å²) in [5.41, 5.74) is 19.8. The molecule has 1 aliphatic carbocycles. The third-order valence-corrected chi connectivity index (χ3v) is 9.25. The number of pyridine rings is 1. The average Bonchev–Trinajstić information content (AvgIpc) is 3.43. The number of fused-ring (bicyclic) bond motifs is 5. The van der Waals surface area contributed by atoms with Crippen molar-refractivity contribution in [3.63, 3.8) is 0 Å². The Hall–Kier alpha value is -5.73. The third-order valence-electron chi connectivity index (χ3n) is 9.25. The number of nitrogens with zero attached hydrogens (tertiary/aromatic N) is 1. The van der Waals surface area contributed by atoms with E-state index in [9.17, 15) is 0 Å². The standard InChI is InChI=1S/C42H28N2.C2H6/c1-25-30-19-11-20-31(35(30)24-37(43)44-25)29-22-28-16-10-21-34-38(28)36(23-29)42-40(27-14-6-3-7-15-27)33-18-9-8-17-32(33)39(41(34)42)26-12-4-2-5-13-26;1-2/h2-24H,1H3,(H2,43,44);1-2H3. The lowest BCUT2D eigenvalue weighted by atomic mass is 9.82. The number of benzene rings is 7. The fraction of sp³-hybridized carbons (Fsp3) is 0.0682. The van der Waals surface area contributed by atoms with Crippen LogP contribution in [0.1, 0.15) is 19.5 Å². The van der Waals surface area contributed by atoms with Crippen LogP contribution in [-0.2, 0) is 0 Å². The predicted molar refractivity (Wildman–Crippen MR) is 198 cm³/mol. The predicted octanol–water partition coefficient (Wildman–Crippen LogP) is 12.1. The molecule has 1 aliphatic rings. The molecule has 2 N–H and O–H groups in total. The lowest BCUT2D eigenvalue weighted by Gasteiger charge is -2.20. The molecule has 0 aliphatic heterocycles. The van der Waals surface area contributed by atoms with Crippen molar-refractivity contribution < 1.29 is 0 Å². The molecular formula is C44H34N2. The number of hydrogen-bond acceptors (Lipinski definition) is 2. The lowest BCUT2D eigenvalue weighted by molar-refractivity contribution is 1.24. The summed E-state index contributed by atoms with van der Waals surface area (Å²) in [5.74, 6) is 0.547. The highest BCUT2D eigenvalue weighted by Gasteiger charge is 2.31. The number of nitrogen functional groups attached to an aromatic ring is 1. The highest BCUT2D eigenvalue weighted by Crippen LogP contribution is 2.58. The van der Waals surface area contributed by atoms with Crippen LogP contribution in [0.25, 0.3) is 88.0 Å². The first-order valence-corrected chi connectivity index (χ1v) is 16.1. The number of aromatic nitrogens is 1. The van der Waals surface area contributed by atoms with Crippen molar-refractivity contribution in [3.8, 4) is 55.6 Å². The molecule has 0 unspecified atom stereocenters. The van der Waals surface area contributed by atoms with Crippen molar-refractivity contribution in [2.75, 3.05) is 5.73 Å². The number of hydrogen-bond donors (Lipinski definition) is 1. The van der Waals surface area contributed by atoms with E-state index in [0.717, 1.165) is 16.5 Å². The Morgan fingerprint density at radius 1 is 0.435 bits per heavy atom. The average molecular weight is 591 g/mol. The number of nitrogens with two attached hydrogens (primary N) is 1. The minimum Gasteiger partial charge on any atom is -0.384 e. The Morgan fingerprint density at radius 3 is 1.63 bits per heavy atom. The van der Waals surface area contributed by atoms with E-state index < -0.39 is 0 Å². The van der Waals surface area contributed by atoms with E-state index >= 15 is 0 Å². The van der Waals surface area contributed by atoms with Gasteiger partial charge in [-0.2, -0.15) is 0 Å². The van der Waals surface area contributed by atoms with Crippen LogP contribution in [0.15, 0.2) is 140 Å². The Labute approximate surface area is 269 Å². The molecule has 0 spiro atoms. The van der Waals surface area contributed by atoms with Crippen LogP contribution in [0.5, 0.6) is 0 Å². The van der Waals surface area contributed by atoms with Gasteiger partial charge in [-0.15, -0.1) is 0 Å². The maximum atomic E-state index is 6.29. The van der Waals surface area contributed by atoms with Gasteiger partial charge in [0.25, 0.3) is 0 Å². The minimum atomic E-state index is 0.547. The molecule has 0 saturated carbocycles. The zero-order valence-corrected chi connectivity index (χ0v) is 26.3. The van der Waals surface area contributed by atoms with Gasteiger partial charge in [0.15, 0.2) is 0 Å². The minimum absolute atomic E-state index is 0.547. The number of rotatable bonds is 3. The molecule has 1 aromatic heterocycles. The fourth-order valence-electron chi connectivity index (χ4n) is 7.50. The van der Waals surface area contributed by atoms with E-state index in [-0.39, 0.29) is 0 Å². The molecule has 46 heavy (non-hydrogen) atoms.